The van der Waals surface area contributed by atoms with Gasteiger partial charge in [-0.15, -0.1) is 5.10 Å². The van der Waals surface area contributed by atoms with Gasteiger partial charge in [0.15, 0.2) is 0 Å². The SMILES string of the molecule is c1ccc(-c2nnn3c2CO[C@@H](CNCc2ccco2)C3)cc1. The van der Waals surface area contributed by atoms with Crippen molar-refractivity contribution in [1.29, 1.82) is 0 Å². The molecule has 1 aliphatic rings. The van der Waals surface area contributed by atoms with Crippen molar-refractivity contribution in [3.8, 4) is 11.3 Å². The number of nitrogens with one attached hydrogen (secondary N) is 1. The highest BCUT2D eigenvalue weighted by atomic mass is 16.5. The maximum atomic E-state index is 5.95. The Balaban J connectivity index is 1.39. The number of aromatic nitrogens is 3. The lowest BCUT2D eigenvalue weighted by atomic mass is 10.1. The molecule has 1 aromatic carbocycles. The molecule has 3 heterocycles. The zero-order chi connectivity index (χ0) is 15.5. The maximum Gasteiger partial charge on any atom is 0.118 e. The van der Waals surface area contributed by atoms with Gasteiger partial charge in [-0.3, -0.25) is 0 Å². The predicted octanol–water partition coefficient (Wildman–Crippen LogP) is 2.23. The number of hydrogen-bond acceptors (Lipinski definition) is 5. The van der Waals surface area contributed by atoms with Crippen molar-refractivity contribution in [2.45, 2.75) is 25.8 Å². The van der Waals surface area contributed by atoms with Crippen LogP contribution in [0.15, 0.2) is 53.1 Å². The Morgan fingerprint density at radius 2 is 2.09 bits per heavy atom. The zero-order valence-corrected chi connectivity index (χ0v) is 12.7. The Labute approximate surface area is 134 Å². The molecular formula is C17H18N4O2. The van der Waals surface area contributed by atoms with Gasteiger partial charge in [0, 0.05) is 12.1 Å². The van der Waals surface area contributed by atoms with Crippen LogP contribution in [0.5, 0.6) is 0 Å². The van der Waals surface area contributed by atoms with Gasteiger partial charge < -0.3 is 14.5 Å². The van der Waals surface area contributed by atoms with Gasteiger partial charge in [-0.2, -0.15) is 0 Å². The van der Waals surface area contributed by atoms with Crippen molar-refractivity contribution >= 4 is 0 Å². The van der Waals surface area contributed by atoms with Gasteiger partial charge in [-0.1, -0.05) is 35.5 Å². The smallest absolute Gasteiger partial charge is 0.118 e. The molecule has 0 radical (unpaired) electrons. The summed E-state index contributed by atoms with van der Waals surface area (Å²) >= 11 is 0. The lowest BCUT2D eigenvalue weighted by Gasteiger charge is -2.24. The number of furan rings is 1. The first-order valence-corrected chi connectivity index (χ1v) is 7.72. The highest BCUT2D eigenvalue weighted by Gasteiger charge is 2.24. The molecule has 0 spiro atoms. The van der Waals surface area contributed by atoms with E-state index in [9.17, 15) is 0 Å². The number of benzene rings is 1. The molecule has 2 aromatic heterocycles. The molecule has 0 amide bonds. The molecule has 6 heteroatoms. The fraction of sp³-hybridized carbons (Fsp3) is 0.294. The van der Waals surface area contributed by atoms with E-state index in [1.54, 1.807) is 6.26 Å². The second-order valence-electron chi connectivity index (χ2n) is 5.58. The van der Waals surface area contributed by atoms with Crippen LogP contribution >= 0.6 is 0 Å². The van der Waals surface area contributed by atoms with Crippen LogP contribution in [-0.4, -0.2) is 27.6 Å². The van der Waals surface area contributed by atoms with Crippen LogP contribution in [0.4, 0.5) is 0 Å². The molecule has 0 aliphatic carbocycles. The van der Waals surface area contributed by atoms with Gasteiger partial charge in [0.25, 0.3) is 0 Å². The van der Waals surface area contributed by atoms with E-state index in [-0.39, 0.29) is 6.10 Å². The number of nitrogens with zero attached hydrogens (tertiary/aromatic N) is 3. The maximum absolute atomic E-state index is 5.95. The summed E-state index contributed by atoms with van der Waals surface area (Å²) < 4.78 is 13.2. The first-order chi connectivity index (χ1) is 11.4. The van der Waals surface area contributed by atoms with Gasteiger partial charge in [-0.25, -0.2) is 4.68 Å². The lowest BCUT2D eigenvalue weighted by molar-refractivity contribution is 0.00106. The van der Waals surface area contributed by atoms with E-state index in [1.807, 2.05) is 47.1 Å². The molecular weight excluding hydrogens is 292 g/mol. The standard InChI is InChI=1S/C17H18N4O2/c1-2-5-13(6-3-1)17-16-12-23-15(11-21(16)20-19-17)10-18-9-14-7-4-8-22-14/h1-8,15,18H,9-12H2/t15-/m0/s1. The fourth-order valence-electron chi connectivity index (χ4n) is 2.78. The molecule has 1 atom stereocenters. The quantitative estimate of drug-likeness (QED) is 0.783. The largest absolute Gasteiger partial charge is 0.468 e. The van der Waals surface area contributed by atoms with Crippen molar-refractivity contribution in [1.82, 2.24) is 20.3 Å². The molecule has 0 saturated carbocycles. The molecule has 1 N–H and O–H groups in total. The van der Waals surface area contributed by atoms with E-state index < -0.39 is 0 Å². The van der Waals surface area contributed by atoms with Crippen LogP contribution in [0.1, 0.15) is 11.5 Å². The minimum atomic E-state index is 0.0859. The number of ether oxygens (including phenoxy) is 1. The van der Waals surface area contributed by atoms with Crippen LogP contribution in [0.25, 0.3) is 11.3 Å². The molecule has 1 aliphatic heterocycles. The first kappa shape index (κ1) is 14.2. The van der Waals surface area contributed by atoms with Crippen molar-refractivity contribution in [3.63, 3.8) is 0 Å². The highest BCUT2D eigenvalue weighted by Crippen LogP contribution is 2.24. The van der Waals surface area contributed by atoms with E-state index in [2.05, 4.69) is 15.6 Å². The summed E-state index contributed by atoms with van der Waals surface area (Å²) in [5.74, 6) is 0.925. The van der Waals surface area contributed by atoms with Crippen molar-refractivity contribution < 1.29 is 9.15 Å². The first-order valence-electron chi connectivity index (χ1n) is 7.72. The van der Waals surface area contributed by atoms with Gasteiger partial charge in [0.05, 0.1) is 37.8 Å². The topological polar surface area (TPSA) is 65.1 Å². The second kappa shape index (κ2) is 6.36. The Morgan fingerprint density at radius 1 is 1.17 bits per heavy atom. The summed E-state index contributed by atoms with van der Waals surface area (Å²) in [7, 11) is 0. The molecule has 0 unspecified atom stereocenters. The summed E-state index contributed by atoms with van der Waals surface area (Å²) in [6, 6.07) is 13.9. The average Bonchev–Trinajstić information content (AvgIpc) is 3.25. The summed E-state index contributed by atoms with van der Waals surface area (Å²) in [6.07, 6.45) is 1.77. The van der Waals surface area contributed by atoms with Gasteiger partial charge in [0.1, 0.15) is 11.5 Å². The number of hydrogen-bond donors (Lipinski definition) is 1. The van der Waals surface area contributed by atoms with E-state index in [4.69, 9.17) is 9.15 Å². The lowest BCUT2D eigenvalue weighted by Crippen LogP contribution is -2.36. The van der Waals surface area contributed by atoms with Crippen LogP contribution in [0.2, 0.25) is 0 Å². The van der Waals surface area contributed by atoms with Crippen molar-refractivity contribution in [2.24, 2.45) is 0 Å². The second-order valence-corrected chi connectivity index (χ2v) is 5.58. The monoisotopic (exact) mass is 310 g/mol. The minimum Gasteiger partial charge on any atom is -0.468 e. The number of fused-ring (bicyclic) bond motifs is 1. The molecule has 0 saturated heterocycles. The summed E-state index contributed by atoms with van der Waals surface area (Å²) in [5, 5.41) is 11.9. The molecule has 3 aromatic rings. The Kier molecular flexibility index (Phi) is 3.92. The third-order valence-electron chi connectivity index (χ3n) is 3.97. The van der Waals surface area contributed by atoms with Crippen LogP contribution in [0.3, 0.4) is 0 Å². The molecule has 6 nitrogen and oxygen atoms in total. The summed E-state index contributed by atoms with van der Waals surface area (Å²) in [6.45, 7) is 2.69. The normalized spacial score (nSPS) is 17.1. The van der Waals surface area contributed by atoms with Gasteiger partial charge in [0.2, 0.25) is 0 Å². The van der Waals surface area contributed by atoms with Crippen LogP contribution in [0, 0.1) is 0 Å². The van der Waals surface area contributed by atoms with E-state index in [1.165, 1.54) is 0 Å². The van der Waals surface area contributed by atoms with Gasteiger partial charge >= 0.3 is 0 Å². The Hall–Kier alpha value is -2.44. The predicted molar refractivity (Wildman–Crippen MR) is 84.4 cm³/mol. The Morgan fingerprint density at radius 3 is 2.91 bits per heavy atom. The molecule has 0 bridgehead atoms. The zero-order valence-electron chi connectivity index (χ0n) is 12.7. The van der Waals surface area contributed by atoms with Crippen molar-refractivity contribution in [3.05, 3.63) is 60.2 Å². The Bertz CT molecular complexity index is 752. The molecule has 23 heavy (non-hydrogen) atoms. The van der Waals surface area contributed by atoms with E-state index in [0.717, 1.165) is 29.3 Å². The third-order valence-corrected chi connectivity index (χ3v) is 3.97. The molecule has 0 fully saturated rings. The van der Waals surface area contributed by atoms with Crippen LogP contribution in [-0.2, 0) is 24.4 Å². The van der Waals surface area contributed by atoms with E-state index in [0.29, 0.717) is 19.7 Å². The minimum absolute atomic E-state index is 0.0859. The number of rotatable bonds is 5. The van der Waals surface area contributed by atoms with E-state index >= 15 is 0 Å². The van der Waals surface area contributed by atoms with Crippen molar-refractivity contribution in [2.75, 3.05) is 6.54 Å². The summed E-state index contributed by atoms with van der Waals surface area (Å²) in [4.78, 5) is 0. The van der Waals surface area contributed by atoms with Crippen LogP contribution < -0.4 is 5.32 Å². The fourth-order valence-corrected chi connectivity index (χ4v) is 2.78. The molecule has 118 valence electrons. The average molecular weight is 310 g/mol. The molecule has 4 rings (SSSR count). The summed E-state index contributed by atoms with van der Waals surface area (Å²) in [5.41, 5.74) is 3.03. The third kappa shape index (κ3) is 3.04. The highest BCUT2D eigenvalue weighted by molar-refractivity contribution is 5.61. The van der Waals surface area contributed by atoms with Gasteiger partial charge in [-0.05, 0) is 12.1 Å².